The highest BCUT2D eigenvalue weighted by Crippen LogP contribution is 2.23. The van der Waals surface area contributed by atoms with Gasteiger partial charge in [0.05, 0.1) is 6.61 Å². The first-order chi connectivity index (χ1) is 8.16. The van der Waals surface area contributed by atoms with Crippen molar-refractivity contribution in [2.75, 3.05) is 6.61 Å². The lowest BCUT2D eigenvalue weighted by atomic mass is 9.95. The van der Waals surface area contributed by atoms with Crippen LogP contribution in [0.2, 0.25) is 0 Å². The lowest BCUT2D eigenvalue weighted by Gasteiger charge is -2.17. The maximum atomic E-state index is 11.8. The van der Waals surface area contributed by atoms with Gasteiger partial charge >= 0.3 is 5.97 Å². The molecule has 1 aromatic heterocycles. The standard InChI is InChI=1S/C12H14BrNO2S/c1-8-10(14-12(13)17-8)11(15)16-7-9-5-3-2-4-6-9/h2-3,9H,4-7H2,1H3/t9-/m1/s1. The summed E-state index contributed by atoms with van der Waals surface area (Å²) in [5, 5.41) is 0. The second kappa shape index (κ2) is 5.78. The third-order valence-electron chi connectivity index (χ3n) is 2.79. The van der Waals surface area contributed by atoms with E-state index in [0.717, 1.165) is 28.1 Å². The van der Waals surface area contributed by atoms with Crippen LogP contribution >= 0.6 is 27.3 Å². The molecular weight excluding hydrogens is 302 g/mol. The van der Waals surface area contributed by atoms with Crippen molar-refractivity contribution in [3.05, 3.63) is 26.6 Å². The Bertz CT molecular complexity index is 442. The molecule has 0 radical (unpaired) electrons. The minimum Gasteiger partial charge on any atom is -0.461 e. The van der Waals surface area contributed by atoms with Gasteiger partial charge in [-0.3, -0.25) is 0 Å². The molecule has 0 aliphatic heterocycles. The van der Waals surface area contributed by atoms with Gasteiger partial charge in [0.1, 0.15) is 0 Å². The van der Waals surface area contributed by atoms with E-state index in [-0.39, 0.29) is 5.97 Å². The molecule has 1 aliphatic rings. The molecule has 0 unspecified atom stereocenters. The van der Waals surface area contributed by atoms with Gasteiger partial charge in [-0.2, -0.15) is 0 Å². The van der Waals surface area contributed by atoms with Gasteiger partial charge in [0, 0.05) is 4.88 Å². The summed E-state index contributed by atoms with van der Waals surface area (Å²) < 4.78 is 6.04. The van der Waals surface area contributed by atoms with E-state index in [1.165, 1.54) is 11.3 Å². The van der Waals surface area contributed by atoms with Gasteiger partial charge in [-0.1, -0.05) is 12.2 Å². The van der Waals surface area contributed by atoms with Crippen molar-refractivity contribution >= 4 is 33.2 Å². The van der Waals surface area contributed by atoms with Gasteiger partial charge in [0.15, 0.2) is 9.61 Å². The number of hydrogen-bond acceptors (Lipinski definition) is 4. The van der Waals surface area contributed by atoms with E-state index in [4.69, 9.17) is 4.74 Å². The summed E-state index contributed by atoms with van der Waals surface area (Å²) in [5.74, 6) is 0.158. The van der Waals surface area contributed by atoms with Gasteiger partial charge in [0.25, 0.3) is 0 Å². The van der Waals surface area contributed by atoms with Crippen LogP contribution in [0.1, 0.15) is 34.6 Å². The number of hydrogen-bond donors (Lipinski definition) is 0. The van der Waals surface area contributed by atoms with Crippen LogP contribution in [0.4, 0.5) is 0 Å². The van der Waals surface area contributed by atoms with Gasteiger partial charge < -0.3 is 4.74 Å². The van der Waals surface area contributed by atoms with Crippen LogP contribution in [0.5, 0.6) is 0 Å². The number of esters is 1. The normalized spacial score (nSPS) is 19.3. The van der Waals surface area contributed by atoms with Gasteiger partial charge in [-0.05, 0) is 48.0 Å². The first kappa shape index (κ1) is 12.8. The molecule has 92 valence electrons. The Hall–Kier alpha value is -0.680. The summed E-state index contributed by atoms with van der Waals surface area (Å²) in [6.45, 7) is 2.38. The first-order valence-electron chi connectivity index (χ1n) is 5.62. The average molecular weight is 316 g/mol. The third kappa shape index (κ3) is 3.39. The van der Waals surface area contributed by atoms with Crippen LogP contribution in [0, 0.1) is 12.8 Å². The zero-order valence-electron chi connectivity index (χ0n) is 9.61. The minimum atomic E-state index is -0.306. The SMILES string of the molecule is Cc1sc(Br)nc1C(=O)OC[C@@H]1CC=CCC1. The summed E-state index contributed by atoms with van der Waals surface area (Å²) in [7, 11) is 0. The zero-order chi connectivity index (χ0) is 12.3. The molecule has 17 heavy (non-hydrogen) atoms. The average Bonchev–Trinajstić information content (AvgIpc) is 2.67. The molecule has 0 fully saturated rings. The number of allylic oxidation sites excluding steroid dienone is 2. The van der Waals surface area contributed by atoms with Crippen LogP contribution in [-0.4, -0.2) is 17.6 Å². The van der Waals surface area contributed by atoms with E-state index in [9.17, 15) is 4.79 Å². The number of rotatable bonds is 3. The highest BCUT2D eigenvalue weighted by atomic mass is 79.9. The summed E-state index contributed by atoms with van der Waals surface area (Å²) in [4.78, 5) is 16.8. The summed E-state index contributed by atoms with van der Waals surface area (Å²) >= 11 is 4.72. The van der Waals surface area contributed by atoms with E-state index < -0.39 is 0 Å². The number of aromatic nitrogens is 1. The number of ether oxygens (including phenoxy) is 1. The van der Waals surface area contributed by atoms with Crippen molar-refractivity contribution in [2.45, 2.75) is 26.2 Å². The Labute approximate surface area is 113 Å². The van der Waals surface area contributed by atoms with E-state index in [1.54, 1.807) is 0 Å². The smallest absolute Gasteiger partial charge is 0.358 e. The molecule has 0 aromatic carbocycles. The van der Waals surface area contributed by atoms with Gasteiger partial charge in [-0.25, -0.2) is 9.78 Å². The molecule has 2 rings (SSSR count). The highest BCUT2D eigenvalue weighted by Gasteiger charge is 2.18. The molecule has 1 atom stereocenters. The fraction of sp³-hybridized carbons (Fsp3) is 0.500. The van der Waals surface area contributed by atoms with Crippen molar-refractivity contribution in [1.82, 2.24) is 4.98 Å². The highest BCUT2D eigenvalue weighted by molar-refractivity contribution is 9.11. The molecule has 1 aliphatic carbocycles. The number of thiazole rings is 1. The molecular formula is C12H14BrNO2S. The van der Waals surface area contributed by atoms with Gasteiger partial charge in [-0.15, -0.1) is 11.3 Å². The van der Waals surface area contributed by atoms with Crippen molar-refractivity contribution in [3.63, 3.8) is 0 Å². The maximum Gasteiger partial charge on any atom is 0.358 e. The number of nitrogens with zero attached hydrogens (tertiary/aromatic N) is 1. The van der Waals surface area contributed by atoms with E-state index in [0.29, 0.717) is 18.2 Å². The molecule has 5 heteroatoms. The second-order valence-electron chi connectivity index (χ2n) is 4.12. The van der Waals surface area contributed by atoms with Crippen LogP contribution in [0.25, 0.3) is 0 Å². The van der Waals surface area contributed by atoms with Crippen molar-refractivity contribution in [1.29, 1.82) is 0 Å². The lowest BCUT2D eigenvalue weighted by molar-refractivity contribution is 0.0425. The van der Waals surface area contributed by atoms with Crippen molar-refractivity contribution in [2.24, 2.45) is 5.92 Å². The summed E-state index contributed by atoms with van der Waals surface area (Å²) in [6, 6.07) is 0. The zero-order valence-corrected chi connectivity index (χ0v) is 12.0. The fourth-order valence-electron chi connectivity index (χ4n) is 1.82. The largest absolute Gasteiger partial charge is 0.461 e. The minimum absolute atomic E-state index is 0.306. The van der Waals surface area contributed by atoms with E-state index in [1.807, 2.05) is 6.92 Å². The Morgan fingerprint density at radius 1 is 1.65 bits per heavy atom. The monoisotopic (exact) mass is 315 g/mol. The van der Waals surface area contributed by atoms with Crippen LogP contribution in [-0.2, 0) is 4.74 Å². The Balaban J connectivity index is 1.89. The fourth-order valence-corrected chi connectivity index (χ4v) is 3.34. The van der Waals surface area contributed by atoms with Crippen LogP contribution in [0.15, 0.2) is 16.1 Å². The first-order valence-corrected chi connectivity index (χ1v) is 7.23. The molecule has 3 nitrogen and oxygen atoms in total. The molecule has 1 heterocycles. The quantitative estimate of drug-likeness (QED) is 0.630. The number of aryl methyl sites for hydroxylation is 1. The second-order valence-corrected chi connectivity index (χ2v) is 6.60. The van der Waals surface area contributed by atoms with Crippen molar-refractivity contribution < 1.29 is 9.53 Å². The number of halogens is 1. The van der Waals surface area contributed by atoms with Gasteiger partial charge in [0.2, 0.25) is 0 Å². The van der Waals surface area contributed by atoms with E-state index in [2.05, 4.69) is 33.1 Å². The predicted molar refractivity (Wildman–Crippen MR) is 71.3 cm³/mol. The molecule has 0 saturated heterocycles. The molecule has 0 bridgehead atoms. The van der Waals surface area contributed by atoms with Crippen LogP contribution in [0.3, 0.4) is 0 Å². The Morgan fingerprint density at radius 3 is 3.06 bits per heavy atom. The molecule has 1 aromatic rings. The number of carbonyl (C=O) groups excluding carboxylic acids is 1. The summed E-state index contributed by atoms with van der Waals surface area (Å²) in [5.41, 5.74) is 0.438. The lowest BCUT2D eigenvalue weighted by Crippen LogP contribution is -2.16. The Morgan fingerprint density at radius 2 is 2.47 bits per heavy atom. The van der Waals surface area contributed by atoms with Crippen molar-refractivity contribution in [3.8, 4) is 0 Å². The third-order valence-corrected chi connectivity index (χ3v) is 4.21. The number of carbonyl (C=O) groups is 1. The topological polar surface area (TPSA) is 39.2 Å². The molecule has 0 N–H and O–H groups in total. The molecule has 0 saturated carbocycles. The van der Waals surface area contributed by atoms with Crippen LogP contribution < -0.4 is 0 Å². The van der Waals surface area contributed by atoms with E-state index >= 15 is 0 Å². The predicted octanol–water partition coefficient (Wildman–Crippen LogP) is 3.73. The molecule has 0 amide bonds. The summed E-state index contributed by atoms with van der Waals surface area (Å²) in [6.07, 6.45) is 7.53. The Kier molecular flexibility index (Phi) is 4.34. The maximum absolute atomic E-state index is 11.8. The molecule has 0 spiro atoms.